The highest BCUT2D eigenvalue weighted by Gasteiger charge is 2.31. The molecule has 1 N–H and O–H groups in total. The Morgan fingerprint density at radius 2 is 2.57 bits per heavy atom. The van der Waals surface area contributed by atoms with E-state index in [1.54, 1.807) is 11.0 Å². The SMILES string of the molecule is C=CCN1CCC(NC(=O)OC)C1=O. The molecule has 14 heavy (non-hydrogen) atoms. The van der Waals surface area contributed by atoms with E-state index in [-0.39, 0.29) is 5.91 Å². The zero-order valence-electron chi connectivity index (χ0n) is 8.16. The summed E-state index contributed by atoms with van der Waals surface area (Å²) in [5.74, 6) is -0.0738. The van der Waals surface area contributed by atoms with Crippen molar-refractivity contribution in [3.8, 4) is 0 Å². The Hall–Kier alpha value is -1.52. The Balaban J connectivity index is 2.47. The second-order valence-corrected chi connectivity index (χ2v) is 3.05. The summed E-state index contributed by atoms with van der Waals surface area (Å²) >= 11 is 0. The van der Waals surface area contributed by atoms with E-state index in [9.17, 15) is 9.59 Å². The highest BCUT2D eigenvalue weighted by atomic mass is 16.5. The average molecular weight is 198 g/mol. The smallest absolute Gasteiger partial charge is 0.407 e. The van der Waals surface area contributed by atoms with E-state index in [0.29, 0.717) is 19.5 Å². The Morgan fingerprint density at radius 1 is 1.86 bits per heavy atom. The molecular formula is C9H14N2O3. The molecule has 0 saturated carbocycles. The number of methoxy groups -OCH3 is 1. The number of hydrogen-bond donors (Lipinski definition) is 1. The van der Waals surface area contributed by atoms with Gasteiger partial charge in [0.25, 0.3) is 0 Å². The van der Waals surface area contributed by atoms with E-state index in [1.807, 2.05) is 0 Å². The third-order valence-electron chi connectivity index (χ3n) is 2.12. The summed E-state index contributed by atoms with van der Waals surface area (Å²) in [6, 6.07) is -0.442. The number of hydrogen-bond acceptors (Lipinski definition) is 3. The highest BCUT2D eigenvalue weighted by Crippen LogP contribution is 2.10. The van der Waals surface area contributed by atoms with E-state index in [1.165, 1.54) is 7.11 Å². The van der Waals surface area contributed by atoms with Crippen LogP contribution < -0.4 is 5.32 Å². The first kappa shape index (κ1) is 10.6. The van der Waals surface area contributed by atoms with Crippen molar-refractivity contribution in [2.24, 2.45) is 0 Å². The number of amides is 2. The predicted molar refractivity (Wildman–Crippen MR) is 50.7 cm³/mol. The fourth-order valence-electron chi connectivity index (χ4n) is 1.41. The third kappa shape index (κ3) is 2.25. The quantitative estimate of drug-likeness (QED) is 0.656. The maximum atomic E-state index is 11.6. The van der Waals surface area contributed by atoms with E-state index in [0.717, 1.165) is 0 Å². The van der Waals surface area contributed by atoms with Gasteiger partial charge in [-0.3, -0.25) is 4.79 Å². The molecule has 1 unspecified atom stereocenters. The van der Waals surface area contributed by atoms with Crippen LogP contribution in [0, 0.1) is 0 Å². The molecule has 0 aromatic heterocycles. The lowest BCUT2D eigenvalue weighted by atomic mass is 10.2. The highest BCUT2D eigenvalue weighted by molar-refractivity contribution is 5.87. The molecule has 0 radical (unpaired) electrons. The van der Waals surface area contributed by atoms with Gasteiger partial charge >= 0.3 is 6.09 Å². The number of carbonyl (C=O) groups excluding carboxylic acids is 2. The minimum absolute atomic E-state index is 0.0738. The molecule has 1 atom stereocenters. The maximum Gasteiger partial charge on any atom is 0.407 e. The molecule has 0 aromatic carbocycles. The minimum atomic E-state index is -0.566. The fourth-order valence-corrected chi connectivity index (χ4v) is 1.41. The lowest BCUT2D eigenvalue weighted by molar-refractivity contribution is -0.128. The summed E-state index contributed by atoms with van der Waals surface area (Å²) in [5, 5.41) is 2.48. The number of alkyl carbamates (subject to hydrolysis) is 1. The zero-order valence-corrected chi connectivity index (χ0v) is 8.16. The summed E-state index contributed by atoms with van der Waals surface area (Å²) in [6.45, 7) is 4.73. The molecule has 1 saturated heterocycles. The van der Waals surface area contributed by atoms with Crippen LogP contribution in [0.5, 0.6) is 0 Å². The Labute approximate surface area is 82.7 Å². The van der Waals surface area contributed by atoms with Gasteiger partial charge in [0, 0.05) is 13.1 Å². The van der Waals surface area contributed by atoms with Crippen LogP contribution in [0.4, 0.5) is 4.79 Å². The second-order valence-electron chi connectivity index (χ2n) is 3.05. The Kier molecular flexibility index (Phi) is 3.50. The summed E-state index contributed by atoms with van der Waals surface area (Å²) < 4.78 is 4.41. The summed E-state index contributed by atoms with van der Waals surface area (Å²) in [4.78, 5) is 24.1. The molecule has 78 valence electrons. The molecule has 1 rings (SSSR count). The topological polar surface area (TPSA) is 58.6 Å². The molecule has 5 heteroatoms. The molecule has 1 fully saturated rings. The summed E-state index contributed by atoms with van der Waals surface area (Å²) in [7, 11) is 1.27. The lowest BCUT2D eigenvalue weighted by Crippen LogP contribution is -2.41. The van der Waals surface area contributed by atoms with Crippen LogP contribution in [0.15, 0.2) is 12.7 Å². The van der Waals surface area contributed by atoms with Gasteiger partial charge in [0.15, 0.2) is 0 Å². The largest absolute Gasteiger partial charge is 0.453 e. The number of nitrogens with one attached hydrogen (secondary N) is 1. The molecule has 0 bridgehead atoms. The fraction of sp³-hybridized carbons (Fsp3) is 0.556. The maximum absolute atomic E-state index is 11.6. The van der Waals surface area contributed by atoms with Crippen molar-refractivity contribution >= 4 is 12.0 Å². The molecule has 5 nitrogen and oxygen atoms in total. The van der Waals surface area contributed by atoms with Gasteiger partial charge in [-0.05, 0) is 6.42 Å². The second kappa shape index (κ2) is 4.64. The first-order valence-corrected chi connectivity index (χ1v) is 4.43. The Morgan fingerprint density at radius 3 is 3.14 bits per heavy atom. The Bertz CT molecular complexity index is 252. The van der Waals surface area contributed by atoms with Crippen LogP contribution >= 0.6 is 0 Å². The van der Waals surface area contributed by atoms with Crippen LogP contribution in [0.2, 0.25) is 0 Å². The van der Waals surface area contributed by atoms with Gasteiger partial charge in [0.1, 0.15) is 6.04 Å². The molecule has 1 aliphatic heterocycles. The van der Waals surface area contributed by atoms with Crippen LogP contribution in [-0.4, -0.2) is 43.1 Å². The van der Waals surface area contributed by atoms with Gasteiger partial charge in [-0.2, -0.15) is 0 Å². The standard InChI is InChI=1S/C9H14N2O3/c1-3-5-11-6-4-7(8(11)12)10-9(13)14-2/h3,7H,1,4-6H2,2H3,(H,10,13). The average Bonchev–Trinajstić information content (AvgIpc) is 2.50. The summed E-state index contributed by atoms with van der Waals surface area (Å²) in [5.41, 5.74) is 0. The van der Waals surface area contributed by atoms with E-state index in [4.69, 9.17) is 0 Å². The first-order valence-electron chi connectivity index (χ1n) is 4.43. The normalized spacial score (nSPS) is 20.8. The van der Waals surface area contributed by atoms with Crippen molar-refractivity contribution in [1.82, 2.24) is 10.2 Å². The molecular weight excluding hydrogens is 184 g/mol. The zero-order chi connectivity index (χ0) is 10.6. The van der Waals surface area contributed by atoms with Crippen LogP contribution in [0.25, 0.3) is 0 Å². The van der Waals surface area contributed by atoms with Crippen molar-refractivity contribution in [3.63, 3.8) is 0 Å². The molecule has 0 aliphatic carbocycles. The number of nitrogens with zero attached hydrogens (tertiary/aromatic N) is 1. The van der Waals surface area contributed by atoms with Gasteiger partial charge in [0.05, 0.1) is 7.11 Å². The van der Waals surface area contributed by atoms with Crippen molar-refractivity contribution < 1.29 is 14.3 Å². The van der Waals surface area contributed by atoms with Crippen LogP contribution in [-0.2, 0) is 9.53 Å². The molecule has 1 heterocycles. The predicted octanol–water partition coefficient (Wildman–Crippen LogP) is 0.129. The van der Waals surface area contributed by atoms with Crippen molar-refractivity contribution in [3.05, 3.63) is 12.7 Å². The monoisotopic (exact) mass is 198 g/mol. The van der Waals surface area contributed by atoms with Crippen molar-refractivity contribution in [2.75, 3.05) is 20.2 Å². The van der Waals surface area contributed by atoms with Crippen molar-refractivity contribution in [2.45, 2.75) is 12.5 Å². The van der Waals surface area contributed by atoms with Gasteiger partial charge < -0.3 is 15.0 Å². The van der Waals surface area contributed by atoms with E-state index < -0.39 is 12.1 Å². The number of likely N-dealkylation sites (tertiary alicyclic amines) is 1. The first-order chi connectivity index (χ1) is 6.69. The molecule has 0 aromatic rings. The molecule has 1 aliphatic rings. The number of rotatable bonds is 3. The van der Waals surface area contributed by atoms with Gasteiger partial charge in [0.2, 0.25) is 5.91 Å². The third-order valence-corrected chi connectivity index (χ3v) is 2.12. The van der Waals surface area contributed by atoms with E-state index >= 15 is 0 Å². The van der Waals surface area contributed by atoms with Gasteiger partial charge in [-0.15, -0.1) is 6.58 Å². The molecule has 2 amide bonds. The van der Waals surface area contributed by atoms with E-state index in [2.05, 4.69) is 16.6 Å². The van der Waals surface area contributed by atoms with Crippen molar-refractivity contribution in [1.29, 1.82) is 0 Å². The number of ether oxygens (including phenoxy) is 1. The van der Waals surface area contributed by atoms with Gasteiger partial charge in [-0.25, -0.2) is 4.79 Å². The van der Waals surface area contributed by atoms with Crippen LogP contribution in [0.3, 0.4) is 0 Å². The minimum Gasteiger partial charge on any atom is -0.453 e. The van der Waals surface area contributed by atoms with Crippen LogP contribution in [0.1, 0.15) is 6.42 Å². The number of carbonyl (C=O) groups is 2. The lowest BCUT2D eigenvalue weighted by Gasteiger charge is -2.14. The molecule has 0 spiro atoms. The summed E-state index contributed by atoms with van der Waals surface area (Å²) in [6.07, 6.45) is 1.73. The van der Waals surface area contributed by atoms with Gasteiger partial charge in [-0.1, -0.05) is 6.08 Å².